The molecule has 9 heteroatoms. The summed E-state index contributed by atoms with van der Waals surface area (Å²) in [5.41, 5.74) is 0. The normalized spacial score (nSPS) is 10.2. The Balaban J connectivity index is 4.36. The van der Waals surface area contributed by atoms with Gasteiger partial charge in [0.2, 0.25) is 0 Å². The molecule has 3 N–H and O–H groups in total. The van der Waals surface area contributed by atoms with E-state index in [0.29, 0.717) is 19.6 Å². The van der Waals surface area contributed by atoms with Gasteiger partial charge in [-0.1, -0.05) is 40.0 Å². The fourth-order valence-corrected chi connectivity index (χ4v) is 1.85. The lowest BCUT2D eigenvalue weighted by Crippen LogP contribution is -2.38. The number of hydrogen-bond donors (Lipinski definition) is 3. The molecule has 0 aliphatic heterocycles. The van der Waals surface area contributed by atoms with Gasteiger partial charge in [-0.2, -0.15) is 0 Å². The van der Waals surface area contributed by atoms with E-state index < -0.39 is 24.4 Å². The van der Waals surface area contributed by atoms with Gasteiger partial charge < -0.3 is 30.2 Å². The predicted octanol–water partition coefficient (Wildman–Crippen LogP) is 2.93. The summed E-state index contributed by atoms with van der Waals surface area (Å²) in [4.78, 5) is 35.0. The molecule has 0 aromatic rings. The number of rotatable bonds is 14. The van der Waals surface area contributed by atoms with Crippen molar-refractivity contribution in [2.75, 3.05) is 32.8 Å². The number of nitrogens with one attached hydrogen (secondary N) is 3. The minimum atomic E-state index is -0.888. The summed E-state index contributed by atoms with van der Waals surface area (Å²) in [6.07, 6.45) is 2.62. The van der Waals surface area contributed by atoms with Crippen molar-refractivity contribution < 1.29 is 28.6 Å². The molecular formula is C18H35N3O6. The van der Waals surface area contributed by atoms with Crippen molar-refractivity contribution in [3.05, 3.63) is 0 Å². The molecule has 0 heterocycles. The summed E-state index contributed by atoms with van der Waals surface area (Å²) in [5.74, 6) is 0. The quantitative estimate of drug-likeness (QED) is 0.311. The third-order valence-corrected chi connectivity index (χ3v) is 3.47. The van der Waals surface area contributed by atoms with E-state index in [1.54, 1.807) is 0 Å². The average Bonchev–Trinajstić information content (AvgIpc) is 2.64. The van der Waals surface area contributed by atoms with Crippen molar-refractivity contribution in [1.82, 2.24) is 16.0 Å². The van der Waals surface area contributed by atoms with Crippen molar-refractivity contribution in [1.29, 1.82) is 0 Å². The van der Waals surface area contributed by atoms with Gasteiger partial charge in [0, 0.05) is 19.6 Å². The molecule has 0 aromatic heterocycles. The van der Waals surface area contributed by atoms with E-state index in [2.05, 4.69) is 16.0 Å². The Morgan fingerprint density at radius 1 is 0.667 bits per heavy atom. The Morgan fingerprint density at radius 2 is 1.04 bits per heavy atom. The summed E-state index contributed by atoms with van der Waals surface area (Å²) in [6.45, 7) is 7.12. The molecule has 0 saturated carbocycles. The first-order chi connectivity index (χ1) is 13.0. The zero-order valence-electron chi connectivity index (χ0n) is 16.8. The van der Waals surface area contributed by atoms with Crippen LogP contribution in [0.3, 0.4) is 0 Å². The van der Waals surface area contributed by atoms with Gasteiger partial charge in [0.05, 0.1) is 0 Å². The molecule has 158 valence electrons. The van der Waals surface area contributed by atoms with Crippen LogP contribution in [0.25, 0.3) is 0 Å². The molecule has 0 atom stereocenters. The first-order valence-electron chi connectivity index (χ1n) is 9.79. The van der Waals surface area contributed by atoms with E-state index >= 15 is 0 Å². The van der Waals surface area contributed by atoms with E-state index in [1.807, 2.05) is 20.8 Å². The van der Waals surface area contributed by atoms with E-state index in [0.717, 1.165) is 38.5 Å². The number of ether oxygens (including phenoxy) is 3. The van der Waals surface area contributed by atoms with E-state index in [1.165, 1.54) is 0 Å². The molecule has 3 amide bonds. The predicted molar refractivity (Wildman–Crippen MR) is 102 cm³/mol. The average molecular weight is 389 g/mol. The number of unbranched alkanes of at least 4 members (excludes halogenated alkanes) is 3. The number of alkyl carbamates (subject to hydrolysis) is 3. The van der Waals surface area contributed by atoms with Crippen LogP contribution in [-0.4, -0.2) is 57.2 Å². The highest BCUT2D eigenvalue weighted by Gasteiger charge is 2.19. The molecule has 0 spiro atoms. The molecule has 27 heavy (non-hydrogen) atoms. The van der Waals surface area contributed by atoms with Gasteiger partial charge in [0.1, 0.15) is 13.2 Å². The minimum absolute atomic E-state index is 0.207. The van der Waals surface area contributed by atoms with Crippen LogP contribution >= 0.6 is 0 Å². The molecule has 0 aromatic carbocycles. The second-order valence-electron chi connectivity index (χ2n) is 6.07. The first-order valence-corrected chi connectivity index (χ1v) is 9.79. The van der Waals surface area contributed by atoms with Gasteiger partial charge in [-0.3, -0.25) is 0 Å². The van der Waals surface area contributed by atoms with Crippen LogP contribution in [-0.2, 0) is 14.2 Å². The monoisotopic (exact) mass is 389 g/mol. The smallest absolute Gasteiger partial charge is 0.407 e. The Bertz CT molecular complexity index is 394. The van der Waals surface area contributed by atoms with Crippen LogP contribution in [0.2, 0.25) is 0 Å². The summed E-state index contributed by atoms with van der Waals surface area (Å²) in [7, 11) is 0. The van der Waals surface area contributed by atoms with Gasteiger partial charge >= 0.3 is 18.3 Å². The highest BCUT2D eigenvalue weighted by atomic mass is 16.6. The number of carbonyl (C=O) groups excluding carboxylic acids is 3. The molecule has 0 radical (unpaired) electrons. The van der Waals surface area contributed by atoms with Crippen molar-refractivity contribution in [2.45, 2.75) is 65.4 Å². The van der Waals surface area contributed by atoms with Crippen LogP contribution in [0.5, 0.6) is 0 Å². The largest absolute Gasteiger partial charge is 0.445 e. The van der Waals surface area contributed by atoms with E-state index in [9.17, 15) is 14.4 Å². The third-order valence-electron chi connectivity index (χ3n) is 3.47. The Morgan fingerprint density at radius 3 is 1.41 bits per heavy atom. The Kier molecular flexibility index (Phi) is 15.8. The molecule has 0 aliphatic carbocycles. The van der Waals surface area contributed by atoms with Crippen molar-refractivity contribution in [3.63, 3.8) is 0 Å². The topological polar surface area (TPSA) is 115 Å². The number of carbonyl (C=O) groups is 3. The lowest BCUT2D eigenvalue weighted by Gasteiger charge is -2.18. The zero-order valence-corrected chi connectivity index (χ0v) is 16.8. The van der Waals surface area contributed by atoms with E-state index in [4.69, 9.17) is 14.2 Å². The maximum atomic E-state index is 11.8. The lowest BCUT2D eigenvalue weighted by molar-refractivity contribution is 0.00739. The summed E-state index contributed by atoms with van der Waals surface area (Å²) >= 11 is 0. The maximum Gasteiger partial charge on any atom is 0.407 e. The number of amides is 3. The molecule has 9 nitrogen and oxygen atoms in total. The van der Waals surface area contributed by atoms with Gasteiger partial charge in [0.15, 0.2) is 6.10 Å². The fraction of sp³-hybridized carbons (Fsp3) is 0.833. The molecule has 0 unspecified atom stereocenters. The van der Waals surface area contributed by atoms with Crippen LogP contribution in [0.15, 0.2) is 0 Å². The molecule has 0 rings (SSSR count). The second kappa shape index (κ2) is 17.2. The Labute approximate surface area is 161 Å². The summed E-state index contributed by atoms with van der Waals surface area (Å²) in [6, 6.07) is 0. The van der Waals surface area contributed by atoms with Crippen LogP contribution in [0, 0.1) is 0 Å². The van der Waals surface area contributed by atoms with Crippen LogP contribution < -0.4 is 16.0 Å². The third kappa shape index (κ3) is 15.8. The van der Waals surface area contributed by atoms with Crippen molar-refractivity contribution in [2.24, 2.45) is 0 Å². The molecule has 0 saturated heterocycles. The van der Waals surface area contributed by atoms with Gasteiger partial charge in [0.25, 0.3) is 0 Å². The van der Waals surface area contributed by atoms with Crippen LogP contribution in [0.4, 0.5) is 14.4 Å². The number of hydrogen-bond acceptors (Lipinski definition) is 6. The van der Waals surface area contributed by atoms with Gasteiger partial charge in [-0.05, 0) is 19.3 Å². The minimum Gasteiger partial charge on any atom is -0.445 e. The highest BCUT2D eigenvalue weighted by molar-refractivity contribution is 5.68. The first kappa shape index (κ1) is 24.8. The molecule has 0 bridgehead atoms. The zero-order chi connectivity index (χ0) is 20.3. The molecule has 0 fully saturated rings. The molecule has 0 aliphatic rings. The molecular weight excluding hydrogens is 354 g/mol. The van der Waals surface area contributed by atoms with E-state index in [-0.39, 0.29) is 13.2 Å². The van der Waals surface area contributed by atoms with Crippen LogP contribution in [0.1, 0.15) is 59.3 Å². The lowest BCUT2D eigenvalue weighted by atomic mass is 10.3. The maximum absolute atomic E-state index is 11.8. The summed E-state index contributed by atoms with van der Waals surface area (Å²) < 4.78 is 15.3. The standard InChI is InChI=1S/C18H35N3O6/c1-4-7-10-19-16(22)25-13-15(27-18(24)21-12-9-6-3)14-26-17(23)20-11-8-5-2/h15H,4-14H2,1-3H3,(H,19,22)(H,20,23)(H,21,24). The second-order valence-corrected chi connectivity index (χ2v) is 6.07. The highest BCUT2D eigenvalue weighted by Crippen LogP contribution is 1.99. The van der Waals surface area contributed by atoms with Gasteiger partial charge in [-0.25, -0.2) is 14.4 Å². The van der Waals surface area contributed by atoms with Gasteiger partial charge in [-0.15, -0.1) is 0 Å². The van der Waals surface area contributed by atoms with Crippen molar-refractivity contribution >= 4 is 18.3 Å². The SMILES string of the molecule is CCCCNC(=O)OCC(COC(=O)NCCCC)OC(=O)NCCCC. The fourth-order valence-electron chi connectivity index (χ4n) is 1.85. The van der Waals surface area contributed by atoms with Crippen molar-refractivity contribution in [3.8, 4) is 0 Å². The summed E-state index contributed by atoms with van der Waals surface area (Å²) in [5, 5.41) is 7.79. The Hall–Kier alpha value is -2.19.